The van der Waals surface area contributed by atoms with Crippen LogP contribution in [0.3, 0.4) is 0 Å². The Morgan fingerprint density at radius 1 is 1.43 bits per heavy atom. The van der Waals surface area contributed by atoms with E-state index in [4.69, 9.17) is 9.63 Å². The van der Waals surface area contributed by atoms with E-state index in [0.717, 1.165) is 5.30 Å². The molecule has 0 spiro atoms. The zero-order valence-electron chi connectivity index (χ0n) is 8.14. The molecule has 1 N–H and O–H groups in total. The third-order valence-corrected chi connectivity index (χ3v) is 3.05. The van der Waals surface area contributed by atoms with Crippen molar-refractivity contribution >= 4 is 13.3 Å². The summed E-state index contributed by atoms with van der Waals surface area (Å²) in [7, 11) is -2.12. The van der Waals surface area contributed by atoms with Crippen molar-refractivity contribution in [2.45, 2.75) is 19.4 Å². The molecule has 2 atom stereocenters. The van der Waals surface area contributed by atoms with Crippen molar-refractivity contribution in [2.24, 2.45) is 0 Å². The molecule has 1 aromatic carbocycles. The zero-order chi connectivity index (χ0) is 10.4. The molecule has 0 aliphatic carbocycles. The number of aliphatic hydroxyl groups is 1. The lowest BCUT2D eigenvalue weighted by Gasteiger charge is -2.05. The van der Waals surface area contributed by atoms with E-state index in [1.54, 1.807) is 19.1 Å². The molecule has 4 heteroatoms. The van der Waals surface area contributed by atoms with Crippen LogP contribution < -0.4 is 5.30 Å². The van der Waals surface area contributed by atoms with Gasteiger partial charge >= 0.3 is 0 Å². The van der Waals surface area contributed by atoms with Crippen LogP contribution in [0.4, 0.5) is 0 Å². The Hall–Kier alpha value is -0.630. The lowest BCUT2D eigenvalue weighted by Crippen LogP contribution is -2.05. The minimum absolute atomic E-state index is 0.338. The van der Waals surface area contributed by atoms with Crippen molar-refractivity contribution in [3.63, 3.8) is 0 Å². The summed E-state index contributed by atoms with van der Waals surface area (Å²) in [6.07, 6.45) is 0.115. The summed E-state index contributed by atoms with van der Waals surface area (Å²) in [4.78, 5) is 0. The van der Waals surface area contributed by atoms with Gasteiger partial charge in [-0.05, 0) is 25.5 Å². The maximum Gasteiger partial charge on any atom is 0.220 e. The predicted molar refractivity (Wildman–Crippen MR) is 57.3 cm³/mol. The van der Waals surface area contributed by atoms with E-state index in [0.29, 0.717) is 13.0 Å². The highest BCUT2D eigenvalue weighted by atomic mass is 31.1. The first-order valence-electron chi connectivity index (χ1n) is 4.60. The minimum atomic E-state index is -2.12. The first-order chi connectivity index (χ1) is 6.70. The maximum absolute atomic E-state index is 11.5. The highest BCUT2D eigenvalue weighted by molar-refractivity contribution is 7.48. The van der Waals surface area contributed by atoms with Gasteiger partial charge in [0.2, 0.25) is 8.03 Å². The molecule has 0 saturated heterocycles. The number of hydrogen-bond acceptors (Lipinski definition) is 3. The van der Waals surface area contributed by atoms with Crippen molar-refractivity contribution in [1.29, 1.82) is 0 Å². The van der Waals surface area contributed by atoms with Crippen LogP contribution in [0.25, 0.3) is 0 Å². The van der Waals surface area contributed by atoms with Crippen LogP contribution in [0.5, 0.6) is 0 Å². The Kier molecular flexibility index (Phi) is 4.88. The lowest BCUT2D eigenvalue weighted by atomic mass is 10.3. The van der Waals surface area contributed by atoms with Gasteiger partial charge in [0.25, 0.3) is 0 Å². The Labute approximate surface area is 84.6 Å². The second kappa shape index (κ2) is 5.97. The van der Waals surface area contributed by atoms with Crippen LogP contribution in [-0.4, -0.2) is 17.8 Å². The van der Waals surface area contributed by atoms with Crippen molar-refractivity contribution in [2.75, 3.05) is 6.61 Å². The standard InChI is InChI=1S/C10H15O3P/c1-9(11)7-8-13-14(12)10-5-3-2-4-6-10/h2-6,9,11,14H,7-8H2,1H3. The van der Waals surface area contributed by atoms with Crippen LogP contribution in [0.2, 0.25) is 0 Å². The maximum atomic E-state index is 11.5. The largest absolute Gasteiger partial charge is 0.393 e. The van der Waals surface area contributed by atoms with Gasteiger partial charge < -0.3 is 9.63 Å². The molecule has 0 bridgehead atoms. The summed E-state index contributed by atoms with van der Waals surface area (Å²) < 4.78 is 16.6. The molecule has 0 aromatic heterocycles. The van der Waals surface area contributed by atoms with Gasteiger partial charge in [-0.15, -0.1) is 0 Å². The van der Waals surface area contributed by atoms with Gasteiger partial charge in [-0.1, -0.05) is 18.2 Å². The highest BCUT2D eigenvalue weighted by Gasteiger charge is 2.03. The van der Waals surface area contributed by atoms with E-state index in [2.05, 4.69) is 0 Å². The first kappa shape index (κ1) is 11.4. The Balaban J connectivity index is 2.36. The number of aliphatic hydroxyl groups excluding tert-OH is 1. The molecular formula is C10H15O3P. The summed E-state index contributed by atoms with van der Waals surface area (Å²) >= 11 is 0. The molecule has 78 valence electrons. The average molecular weight is 214 g/mol. The molecular weight excluding hydrogens is 199 g/mol. The van der Waals surface area contributed by atoms with Crippen molar-refractivity contribution in [1.82, 2.24) is 0 Å². The fraction of sp³-hybridized carbons (Fsp3) is 0.400. The third kappa shape index (κ3) is 4.05. The molecule has 0 fully saturated rings. The summed E-state index contributed by atoms with van der Waals surface area (Å²) in [5.74, 6) is 0. The van der Waals surface area contributed by atoms with Crippen LogP contribution in [0.15, 0.2) is 30.3 Å². The van der Waals surface area contributed by atoms with Gasteiger partial charge in [0.15, 0.2) is 0 Å². The topological polar surface area (TPSA) is 46.5 Å². The van der Waals surface area contributed by atoms with Crippen LogP contribution in [-0.2, 0) is 9.09 Å². The van der Waals surface area contributed by atoms with Gasteiger partial charge in [-0.2, -0.15) is 0 Å². The molecule has 3 nitrogen and oxygen atoms in total. The first-order valence-corrected chi connectivity index (χ1v) is 5.92. The molecule has 14 heavy (non-hydrogen) atoms. The van der Waals surface area contributed by atoms with Crippen LogP contribution in [0.1, 0.15) is 13.3 Å². The zero-order valence-corrected chi connectivity index (χ0v) is 9.14. The van der Waals surface area contributed by atoms with E-state index >= 15 is 0 Å². The van der Waals surface area contributed by atoms with Gasteiger partial charge in [0.1, 0.15) is 0 Å². The molecule has 0 radical (unpaired) electrons. The normalized spacial score (nSPS) is 15.0. The Morgan fingerprint density at radius 2 is 2.07 bits per heavy atom. The summed E-state index contributed by atoms with van der Waals surface area (Å²) in [5, 5.41) is 9.69. The third-order valence-electron chi connectivity index (χ3n) is 1.78. The number of rotatable bonds is 5. The second-order valence-corrected chi connectivity index (χ2v) is 4.58. The Bertz CT molecular complexity index is 285. The smallest absolute Gasteiger partial charge is 0.220 e. The van der Waals surface area contributed by atoms with Gasteiger partial charge in [-0.3, -0.25) is 4.57 Å². The molecule has 1 rings (SSSR count). The lowest BCUT2D eigenvalue weighted by molar-refractivity contribution is 0.159. The predicted octanol–water partition coefficient (Wildman–Crippen LogP) is 1.57. The molecule has 0 heterocycles. The Morgan fingerprint density at radius 3 is 2.64 bits per heavy atom. The van der Waals surface area contributed by atoms with E-state index in [1.807, 2.05) is 18.2 Å². The van der Waals surface area contributed by atoms with Crippen molar-refractivity contribution in [3.05, 3.63) is 30.3 Å². The van der Waals surface area contributed by atoms with E-state index in [9.17, 15) is 4.57 Å². The van der Waals surface area contributed by atoms with Crippen LogP contribution in [0, 0.1) is 0 Å². The number of hydrogen-bond donors (Lipinski definition) is 1. The molecule has 1 aromatic rings. The summed E-state index contributed by atoms with van der Waals surface area (Å²) in [6.45, 7) is 2.02. The number of benzene rings is 1. The van der Waals surface area contributed by atoms with E-state index < -0.39 is 14.1 Å². The summed E-state index contributed by atoms with van der Waals surface area (Å²) in [6, 6.07) is 9.09. The minimum Gasteiger partial charge on any atom is -0.393 e. The molecule has 0 aliphatic rings. The van der Waals surface area contributed by atoms with Gasteiger partial charge in [0.05, 0.1) is 12.7 Å². The van der Waals surface area contributed by atoms with E-state index in [1.165, 1.54) is 0 Å². The summed E-state index contributed by atoms with van der Waals surface area (Å²) in [5.41, 5.74) is 0. The quantitative estimate of drug-likeness (QED) is 0.757. The molecule has 0 saturated carbocycles. The van der Waals surface area contributed by atoms with Gasteiger partial charge in [-0.25, -0.2) is 0 Å². The van der Waals surface area contributed by atoms with Crippen molar-refractivity contribution in [3.8, 4) is 0 Å². The monoisotopic (exact) mass is 214 g/mol. The van der Waals surface area contributed by atoms with E-state index in [-0.39, 0.29) is 0 Å². The van der Waals surface area contributed by atoms with Crippen LogP contribution >= 0.6 is 8.03 Å². The van der Waals surface area contributed by atoms with Crippen molar-refractivity contribution < 1.29 is 14.2 Å². The van der Waals surface area contributed by atoms with Gasteiger partial charge in [0, 0.05) is 5.30 Å². The highest BCUT2D eigenvalue weighted by Crippen LogP contribution is 2.21. The SMILES string of the molecule is CC(O)CCO[PH](=O)c1ccccc1. The second-order valence-electron chi connectivity index (χ2n) is 3.14. The molecule has 2 unspecified atom stereocenters. The fourth-order valence-corrected chi connectivity index (χ4v) is 1.91. The average Bonchev–Trinajstić information content (AvgIpc) is 2.18. The fourth-order valence-electron chi connectivity index (χ4n) is 0.980. The molecule has 0 amide bonds. The molecule has 0 aliphatic heterocycles.